The molecule has 1 aromatic heterocycles. The van der Waals surface area contributed by atoms with Crippen molar-refractivity contribution in [1.82, 2.24) is 10.2 Å². The largest absolute Gasteiger partial charge is 0.425 e. The Labute approximate surface area is 103 Å². The lowest BCUT2D eigenvalue weighted by molar-refractivity contribution is 0.439. The highest BCUT2D eigenvalue weighted by Crippen LogP contribution is 2.20. The first kappa shape index (κ1) is 11.3. The van der Waals surface area contributed by atoms with Crippen LogP contribution in [0.5, 0.6) is 0 Å². The topological polar surface area (TPSA) is 38.9 Å². The van der Waals surface area contributed by atoms with Crippen LogP contribution in [0.2, 0.25) is 0 Å². The van der Waals surface area contributed by atoms with E-state index in [1.807, 2.05) is 38.1 Å². The fourth-order valence-electron chi connectivity index (χ4n) is 1.38. The molecule has 0 spiro atoms. The van der Waals surface area contributed by atoms with Crippen LogP contribution in [0.15, 0.2) is 33.2 Å². The summed E-state index contributed by atoms with van der Waals surface area (Å²) in [4.78, 5) is 0. The molecule has 0 amide bonds. The van der Waals surface area contributed by atoms with Crippen molar-refractivity contribution in [1.29, 1.82) is 0 Å². The van der Waals surface area contributed by atoms with Crippen molar-refractivity contribution < 1.29 is 4.42 Å². The minimum Gasteiger partial charge on any atom is -0.425 e. The number of hydrogen-bond acceptors (Lipinski definition) is 3. The summed E-state index contributed by atoms with van der Waals surface area (Å²) in [5.74, 6) is 1.64. The van der Waals surface area contributed by atoms with E-state index in [1.165, 1.54) is 0 Å². The van der Waals surface area contributed by atoms with Gasteiger partial charge >= 0.3 is 0 Å². The highest BCUT2D eigenvalue weighted by Gasteiger charge is 2.10. The van der Waals surface area contributed by atoms with Gasteiger partial charge in [0.1, 0.15) is 0 Å². The third-order valence-electron chi connectivity index (χ3n) is 2.28. The molecule has 0 unspecified atom stereocenters. The molecule has 1 aromatic carbocycles. The van der Waals surface area contributed by atoms with E-state index in [9.17, 15) is 0 Å². The Morgan fingerprint density at radius 3 is 2.62 bits per heavy atom. The monoisotopic (exact) mass is 280 g/mol. The molecule has 4 heteroatoms. The van der Waals surface area contributed by atoms with Gasteiger partial charge in [-0.3, -0.25) is 0 Å². The van der Waals surface area contributed by atoms with Crippen molar-refractivity contribution >= 4 is 15.9 Å². The number of halogens is 1. The SMILES string of the molecule is CC(C)c1nnc(Cc2ccccc2Br)o1. The molecular formula is C12H13BrN2O. The quantitative estimate of drug-likeness (QED) is 0.863. The van der Waals surface area contributed by atoms with Gasteiger partial charge in [0.15, 0.2) is 0 Å². The van der Waals surface area contributed by atoms with Gasteiger partial charge in [-0.05, 0) is 11.6 Å². The van der Waals surface area contributed by atoms with Crippen molar-refractivity contribution in [2.24, 2.45) is 0 Å². The van der Waals surface area contributed by atoms with Gasteiger partial charge in [0.25, 0.3) is 0 Å². The van der Waals surface area contributed by atoms with Crippen molar-refractivity contribution in [2.45, 2.75) is 26.2 Å². The summed E-state index contributed by atoms with van der Waals surface area (Å²) in [6, 6.07) is 8.04. The van der Waals surface area contributed by atoms with E-state index in [-0.39, 0.29) is 5.92 Å². The van der Waals surface area contributed by atoms with Gasteiger partial charge in [-0.15, -0.1) is 10.2 Å². The van der Waals surface area contributed by atoms with E-state index >= 15 is 0 Å². The maximum atomic E-state index is 5.56. The molecule has 1 heterocycles. The fourth-order valence-corrected chi connectivity index (χ4v) is 1.80. The second-order valence-corrected chi connectivity index (χ2v) is 4.81. The molecule has 2 rings (SSSR count). The Hall–Kier alpha value is -1.16. The first-order chi connectivity index (χ1) is 7.66. The molecule has 0 atom stereocenters. The highest BCUT2D eigenvalue weighted by atomic mass is 79.9. The zero-order chi connectivity index (χ0) is 11.5. The van der Waals surface area contributed by atoms with E-state index in [1.54, 1.807) is 0 Å². The molecule has 0 bridgehead atoms. The van der Waals surface area contributed by atoms with Crippen LogP contribution in [-0.2, 0) is 6.42 Å². The standard InChI is InChI=1S/C12H13BrN2O/c1-8(2)12-15-14-11(16-12)7-9-5-3-4-6-10(9)13/h3-6,8H,7H2,1-2H3. The van der Waals surface area contributed by atoms with E-state index < -0.39 is 0 Å². The van der Waals surface area contributed by atoms with Gasteiger partial charge in [-0.2, -0.15) is 0 Å². The summed E-state index contributed by atoms with van der Waals surface area (Å²) < 4.78 is 6.63. The van der Waals surface area contributed by atoms with E-state index in [0.717, 1.165) is 10.0 Å². The predicted octanol–water partition coefficient (Wildman–Crippen LogP) is 3.55. The van der Waals surface area contributed by atoms with E-state index in [4.69, 9.17) is 4.42 Å². The second kappa shape index (κ2) is 4.78. The van der Waals surface area contributed by atoms with Crippen LogP contribution in [0, 0.1) is 0 Å². The van der Waals surface area contributed by atoms with Crippen molar-refractivity contribution in [3.63, 3.8) is 0 Å². The van der Waals surface area contributed by atoms with E-state index in [0.29, 0.717) is 18.2 Å². The van der Waals surface area contributed by atoms with Crippen LogP contribution in [0.1, 0.15) is 37.1 Å². The van der Waals surface area contributed by atoms with Crippen LogP contribution in [0.3, 0.4) is 0 Å². The molecule has 84 valence electrons. The maximum absolute atomic E-state index is 5.56. The summed E-state index contributed by atoms with van der Waals surface area (Å²) >= 11 is 3.50. The van der Waals surface area contributed by atoms with Crippen LogP contribution in [0.4, 0.5) is 0 Å². The minimum absolute atomic E-state index is 0.278. The zero-order valence-corrected chi connectivity index (χ0v) is 10.9. The first-order valence-corrected chi connectivity index (χ1v) is 6.02. The normalized spacial score (nSPS) is 11.0. The molecule has 0 saturated heterocycles. The van der Waals surface area contributed by atoms with Crippen LogP contribution in [-0.4, -0.2) is 10.2 Å². The summed E-state index contributed by atoms with van der Waals surface area (Å²) in [7, 11) is 0. The molecule has 0 N–H and O–H groups in total. The first-order valence-electron chi connectivity index (χ1n) is 5.22. The second-order valence-electron chi connectivity index (χ2n) is 3.96. The molecular weight excluding hydrogens is 268 g/mol. The maximum Gasteiger partial charge on any atom is 0.220 e. The van der Waals surface area contributed by atoms with E-state index in [2.05, 4.69) is 26.1 Å². The minimum atomic E-state index is 0.278. The Balaban J connectivity index is 2.18. The molecule has 0 fully saturated rings. The lowest BCUT2D eigenvalue weighted by atomic mass is 10.1. The number of aromatic nitrogens is 2. The molecule has 3 nitrogen and oxygen atoms in total. The zero-order valence-electron chi connectivity index (χ0n) is 9.27. The third-order valence-corrected chi connectivity index (χ3v) is 3.05. The average Bonchev–Trinajstić information content (AvgIpc) is 2.70. The Morgan fingerprint density at radius 1 is 1.25 bits per heavy atom. The van der Waals surface area contributed by atoms with Gasteiger partial charge < -0.3 is 4.42 Å². The number of hydrogen-bond donors (Lipinski definition) is 0. The third kappa shape index (κ3) is 2.50. The summed E-state index contributed by atoms with van der Waals surface area (Å²) in [6.45, 7) is 4.07. The lowest BCUT2D eigenvalue weighted by Crippen LogP contribution is -1.89. The lowest BCUT2D eigenvalue weighted by Gasteiger charge is -2.00. The predicted molar refractivity (Wildman–Crippen MR) is 65.3 cm³/mol. The number of nitrogens with zero attached hydrogens (tertiary/aromatic N) is 2. The molecule has 0 aliphatic heterocycles. The molecule has 0 aliphatic rings. The van der Waals surface area contributed by atoms with Gasteiger partial charge in [-0.1, -0.05) is 48.0 Å². The number of benzene rings is 1. The summed E-state index contributed by atoms with van der Waals surface area (Å²) in [5.41, 5.74) is 1.15. The molecule has 0 aliphatic carbocycles. The van der Waals surface area contributed by atoms with Gasteiger partial charge in [-0.25, -0.2) is 0 Å². The molecule has 16 heavy (non-hydrogen) atoms. The average molecular weight is 281 g/mol. The van der Waals surface area contributed by atoms with Crippen molar-refractivity contribution in [3.8, 4) is 0 Å². The van der Waals surface area contributed by atoms with Gasteiger partial charge in [0.2, 0.25) is 11.8 Å². The van der Waals surface area contributed by atoms with Crippen molar-refractivity contribution in [3.05, 3.63) is 46.1 Å². The number of rotatable bonds is 3. The van der Waals surface area contributed by atoms with Crippen LogP contribution in [0.25, 0.3) is 0 Å². The van der Waals surface area contributed by atoms with Crippen molar-refractivity contribution in [2.75, 3.05) is 0 Å². The highest BCUT2D eigenvalue weighted by molar-refractivity contribution is 9.10. The summed E-state index contributed by atoms with van der Waals surface area (Å²) in [6.07, 6.45) is 0.668. The van der Waals surface area contributed by atoms with Crippen LogP contribution < -0.4 is 0 Å². The Bertz CT molecular complexity index is 479. The molecule has 0 radical (unpaired) electrons. The fraction of sp³-hybridized carbons (Fsp3) is 0.333. The molecule has 2 aromatic rings. The smallest absolute Gasteiger partial charge is 0.220 e. The summed E-state index contributed by atoms with van der Waals surface area (Å²) in [5, 5.41) is 8.05. The van der Waals surface area contributed by atoms with Crippen LogP contribution >= 0.6 is 15.9 Å². The Kier molecular flexibility index (Phi) is 3.39. The van der Waals surface area contributed by atoms with Gasteiger partial charge in [0.05, 0.1) is 6.42 Å². The van der Waals surface area contributed by atoms with Gasteiger partial charge in [0, 0.05) is 10.4 Å². The Morgan fingerprint density at radius 2 is 2.00 bits per heavy atom. The molecule has 0 saturated carbocycles.